The fraction of sp³-hybridized carbons (Fsp3) is 0.120. The second kappa shape index (κ2) is 11.3. The van der Waals surface area contributed by atoms with Crippen molar-refractivity contribution in [3.8, 4) is 11.5 Å². The van der Waals surface area contributed by atoms with Crippen LogP contribution < -0.4 is 14.4 Å². The number of imide groups is 1. The van der Waals surface area contributed by atoms with Crippen LogP contribution in [0.3, 0.4) is 0 Å². The minimum atomic E-state index is -0.426. The average molecular weight is 614 g/mol. The Hall–Kier alpha value is -2.16. The van der Waals surface area contributed by atoms with Crippen LogP contribution in [-0.2, 0) is 11.4 Å². The van der Waals surface area contributed by atoms with Crippen molar-refractivity contribution in [3.05, 3.63) is 90.2 Å². The largest absolute Gasteiger partial charge is 0.490 e. The topological polar surface area (TPSA) is 55.8 Å². The van der Waals surface area contributed by atoms with Crippen molar-refractivity contribution in [2.75, 3.05) is 11.5 Å². The Morgan fingerprint density at radius 1 is 0.971 bits per heavy atom. The Labute approximate surface area is 230 Å². The summed E-state index contributed by atoms with van der Waals surface area (Å²) in [6.07, 6.45) is 1.64. The van der Waals surface area contributed by atoms with Crippen LogP contribution in [-0.4, -0.2) is 17.8 Å². The van der Waals surface area contributed by atoms with E-state index in [1.54, 1.807) is 60.7 Å². The van der Waals surface area contributed by atoms with Gasteiger partial charge in [-0.2, -0.15) is 0 Å². The fourth-order valence-electron chi connectivity index (χ4n) is 3.28. The van der Waals surface area contributed by atoms with Gasteiger partial charge in [0.2, 0.25) is 0 Å². The van der Waals surface area contributed by atoms with Gasteiger partial charge in [0.25, 0.3) is 11.1 Å². The maximum absolute atomic E-state index is 13.0. The predicted molar refractivity (Wildman–Crippen MR) is 146 cm³/mol. The van der Waals surface area contributed by atoms with E-state index in [2.05, 4.69) is 15.9 Å². The zero-order valence-corrected chi connectivity index (χ0v) is 22.9. The van der Waals surface area contributed by atoms with Crippen LogP contribution in [0.4, 0.5) is 10.5 Å². The van der Waals surface area contributed by atoms with Crippen molar-refractivity contribution in [2.24, 2.45) is 0 Å². The Kier molecular flexibility index (Phi) is 8.34. The maximum atomic E-state index is 13.0. The third-order valence-corrected chi connectivity index (χ3v) is 7.29. The first-order valence-corrected chi connectivity index (χ1v) is 13.1. The number of carbonyl (C=O) groups is 2. The minimum Gasteiger partial charge on any atom is -0.490 e. The van der Waals surface area contributed by atoms with Crippen molar-refractivity contribution in [1.29, 1.82) is 0 Å². The van der Waals surface area contributed by atoms with Crippen molar-refractivity contribution in [1.82, 2.24) is 0 Å². The number of nitrogens with zero attached hydrogens (tertiary/aromatic N) is 1. The second-order valence-corrected chi connectivity index (χ2v) is 10.4. The molecule has 1 aliphatic heterocycles. The van der Waals surface area contributed by atoms with Gasteiger partial charge in [-0.3, -0.25) is 9.59 Å². The van der Waals surface area contributed by atoms with Gasteiger partial charge in [-0.05, 0) is 72.8 Å². The Bertz CT molecular complexity index is 1350. The van der Waals surface area contributed by atoms with E-state index in [1.807, 2.05) is 6.92 Å². The molecule has 0 N–H and O–H groups in total. The van der Waals surface area contributed by atoms with Crippen molar-refractivity contribution in [2.45, 2.75) is 13.5 Å². The minimum absolute atomic E-state index is 0.209. The van der Waals surface area contributed by atoms with Gasteiger partial charge in [-0.25, -0.2) is 4.90 Å². The second-order valence-electron chi connectivity index (χ2n) is 7.27. The van der Waals surface area contributed by atoms with Crippen LogP contribution >= 0.6 is 62.5 Å². The van der Waals surface area contributed by atoms with Crippen LogP contribution in [0.25, 0.3) is 6.08 Å². The number of hydrogen-bond acceptors (Lipinski definition) is 5. The number of amides is 2. The molecule has 1 saturated heterocycles. The first-order chi connectivity index (χ1) is 16.8. The summed E-state index contributed by atoms with van der Waals surface area (Å²) in [6.45, 7) is 2.47. The molecular formula is C25H17BrCl3NO4S. The average Bonchev–Trinajstić information content (AvgIpc) is 3.08. The lowest BCUT2D eigenvalue weighted by Crippen LogP contribution is -2.27. The third kappa shape index (κ3) is 5.98. The van der Waals surface area contributed by atoms with E-state index in [0.29, 0.717) is 48.9 Å². The number of halogens is 4. The van der Waals surface area contributed by atoms with Gasteiger partial charge in [0.05, 0.1) is 17.2 Å². The molecule has 3 aromatic carbocycles. The lowest BCUT2D eigenvalue weighted by Gasteiger charge is -2.15. The molecule has 4 rings (SSSR count). The van der Waals surface area contributed by atoms with E-state index in [4.69, 9.17) is 44.3 Å². The highest BCUT2D eigenvalue weighted by Gasteiger charge is 2.36. The van der Waals surface area contributed by atoms with Crippen LogP contribution in [0.1, 0.15) is 18.1 Å². The molecule has 1 heterocycles. The normalized spacial score (nSPS) is 14.7. The van der Waals surface area contributed by atoms with Gasteiger partial charge in [0.15, 0.2) is 11.5 Å². The van der Waals surface area contributed by atoms with E-state index in [9.17, 15) is 9.59 Å². The molecule has 0 aliphatic carbocycles. The summed E-state index contributed by atoms with van der Waals surface area (Å²) >= 11 is 22.6. The SMILES string of the molecule is CCOc1cc(/C=C2/SC(=O)N(c3cccc(Cl)c3)C2=O)c(Br)cc1OCc1ccc(Cl)cc1Cl. The molecule has 2 amide bonds. The molecule has 0 unspecified atom stereocenters. The summed E-state index contributed by atoms with van der Waals surface area (Å²) in [7, 11) is 0. The lowest BCUT2D eigenvalue weighted by atomic mass is 10.1. The molecule has 0 spiro atoms. The summed E-state index contributed by atoms with van der Waals surface area (Å²) in [4.78, 5) is 27.0. The molecule has 0 saturated carbocycles. The Morgan fingerprint density at radius 3 is 2.43 bits per heavy atom. The molecule has 1 fully saturated rings. The van der Waals surface area contributed by atoms with E-state index < -0.39 is 11.1 Å². The summed E-state index contributed by atoms with van der Waals surface area (Å²) in [6, 6.07) is 15.3. The quantitative estimate of drug-likeness (QED) is 0.250. The Morgan fingerprint density at radius 2 is 1.71 bits per heavy atom. The van der Waals surface area contributed by atoms with Crippen LogP contribution in [0.2, 0.25) is 15.1 Å². The fourth-order valence-corrected chi connectivity index (χ4v) is 5.20. The van der Waals surface area contributed by atoms with Gasteiger partial charge < -0.3 is 9.47 Å². The van der Waals surface area contributed by atoms with E-state index in [1.165, 1.54) is 0 Å². The third-order valence-electron chi connectivity index (χ3n) is 4.91. The number of anilines is 1. The number of ether oxygens (including phenoxy) is 2. The van der Waals surface area contributed by atoms with Crippen LogP contribution in [0.5, 0.6) is 11.5 Å². The number of carbonyl (C=O) groups excluding carboxylic acids is 2. The van der Waals surface area contributed by atoms with Gasteiger partial charge >= 0.3 is 0 Å². The highest BCUT2D eigenvalue weighted by atomic mass is 79.9. The number of benzene rings is 3. The van der Waals surface area contributed by atoms with Gasteiger partial charge in [0.1, 0.15) is 6.61 Å². The smallest absolute Gasteiger partial charge is 0.298 e. The summed E-state index contributed by atoms with van der Waals surface area (Å²) in [5.41, 5.74) is 1.84. The monoisotopic (exact) mass is 611 g/mol. The van der Waals surface area contributed by atoms with E-state index in [0.717, 1.165) is 22.2 Å². The van der Waals surface area contributed by atoms with E-state index in [-0.39, 0.29) is 11.5 Å². The molecule has 1 aliphatic rings. The van der Waals surface area contributed by atoms with Crippen molar-refractivity contribution >= 4 is 85.4 Å². The van der Waals surface area contributed by atoms with E-state index >= 15 is 0 Å². The number of thioether (sulfide) groups is 1. The number of rotatable bonds is 7. The summed E-state index contributed by atoms with van der Waals surface area (Å²) < 4.78 is 12.4. The van der Waals surface area contributed by atoms with Crippen molar-refractivity contribution < 1.29 is 19.1 Å². The summed E-state index contributed by atoms with van der Waals surface area (Å²) in [5, 5.41) is 1.08. The molecule has 0 atom stereocenters. The molecule has 35 heavy (non-hydrogen) atoms. The summed E-state index contributed by atoms with van der Waals surface area (Å²) in [5.74, 6) is 0.555. The van der Waals surface area contributed by atoms with Gasteiger partial charge in [-0.1, -0.05) is 62.9 Å². The molecular weight excluding hydrogens is 597 g/mol. The van der Waals surface area contributed by atoms with Gasteiger partial charge in [-0.15, -0.1) is 0 Å². The van der Waals surface area contributed by atoms with Gasteiger partial charge in [0, 0.05) is 25.1 Å². The molecule has 0 aromatic heterocycles. The highest BCUT2D eigenvalue weighted by molar-refractivity contribution is 9.10. The van der Waals surface area contributed by atoms with Crippen LogP contribution in [0.15, 0.2) is 64.0 Å². The standard InChI is InChI=1S/C25H17BrCl3NO4S/c1-2-33-21-8-15(19(26)12-22(21)34-13-14-6-7-17(28)11-20(14)29)9-23-24(31)30(25(32)35-23)18-5-3-4-16(27)10-18/h3-12H,2,13H2,1H3/b23-9+. The molecule has 180 valence electrons. The maximum Gasteiger partial charge on any atom is 0.298 e. The molecule has 5 nitrogen and oxygen atoms in total. The first-order valence-electron chi connectivity index (χ1n) is 10.3. The van der Waals surface area contributed by atoms with Crippen molar-refractivity contribution in [3.63, 3.8) is 0 Å². The first kappa shape index (κ1) is 25.9. The zero-order valence-electron chi connectivity index (χ0n) is 18.2. The molecule has 10 heteroatoms. The van der Waals surface area contributed by atoms with Crippen LogP contribution in [0, 0.1) is 0 Å². The zero-order chi connectivity index (χ0) is 25.1. The molecule has 3 aromatic rings. The molecule has 0 bridgehead atoms. The number of hydrogen-bond donors (Lipinski definition) is 0. The predicted octanol–water partition coefficient (Wildman–Crippen LogP) is 8.63. The lowest BCUT2D eigenvalue weighted by molar-refractivity contribution is -0.113. The Balaban J connectivity index is 1.61. The highest BCUT2D eigenvalue weighted by Crippen LogP contribution is 2.40. The molecule has 0 radical (unpaired) electrons.